The van der Waals surface area contributed by atoms with Crippen LogP contribution in [-0.2, 0) is 16.1 Å². The number of aromatic nitrogens is 1. The van der Waals surface area contributed by atoms with Crippen molar-refractivity contribution in [2.24, 2.45) is 5.16 Å². The van der Waals surface area contributed by atoms with Gasteiger partial charge in [-0.05, 0) is 44.4 Å². The van der Waals surface area contributed by atoms with Crippen LogP contribution in [-0.4, -0.2) is 57.6 Å². The van der Waals surface area contributed by atoms with E-state index in [0.29, 0.717) is 30.7 Å². The first kappa shape index (κ1) is 24.7. The minimum absolute atomic E-state index is 0.197. The molecule has 1 aromatic heterocycles. The van der Waals surface area contributed by atoms with Crippen molar-refractivity contribution in [2.75, 3.05) is 13.7 Å². The van der Waals surface area contributed by atoms with Gasteiger partial charge in [-0.15, -0.1) is 0 Å². The molecule has 10 nitrogen and oxygen atoms in total. The first-order valence-corrected chi connectivity index (χ1v) is 11.9. The van der Waals surface area contributed by atoms with Gasteiger partial charge in [-0.3, -0.25) is 14.4 Å². The van der Waals surface area contributed by atoms with Crippen molar-refractivity contribution >= 4 is 17.7 Å². The monoisotopic (exact) mass is 516 g/mol. The molecule has 2 amide bonds. The van der Waals surface area contributed by atoms with Crippen molar-refractivity contribution in [3.8, 4) is 5.75 Å². The molecule has 1 aromatic carbocycles. The van der Waals surface area contributed by atoms with Crippen molar-refractivity contribution in [3.63, 3.8) is 0 Å². The Bertz CT molecular complexity index is 1380. The fourth-order valence-electron chi connectivity index (χ4n) is 5.35. The van der Waals surface area contributed by atoms with Crippen molar-refractivity contribution < 1.29 is 33.1 Å². The Morgan fingerprint density at radius 3 is 2.68 bits per heavy atom. The Balaban J connectivity index is 1.55. The van der Waals surface area contributed by atoms with Crippen LogP contribution in [0.5, 0.6) is 5.75 Å². The number of amides is 2. The second kappa shape index (κ2) is 8.86. The maximum atomic E-state index is 14.2. The summed E-state index contributed by atoms with van der Waals surface area (Å²) in [5.74, 6) is -3.69. The van der Waals surface area contributed by atoms with Crippen molar-refractivity contribution in [2.45, 2.75) is 57.3 Å². The standard InChI is InChI=1S/C25H26F2N4O6/c1-12-6-16(26)14(17(27)7-12)9-28-23(34)15-10-31-18-11-30(24(35)20(31)22(33)21(15)32)13(2)4-5-25(18)8-19(36-3)29-37-25/h6-7,10,13,18,33H,4-5,8-9,11H2,1-3H3,(H,28,34)/t13-,18-,25+/m1/s1. The summed E-state index contributed by atoms with van der Waals surface area (Å²) in [5.41, 5.74) is -2.72. The third-order valence-electron chi connectivity index (χ3n) is 7.47. The summed E-state index contributed by atoms with van der Waals surface area (Å²) < 4.78 is 35.1. The van der Waals surface area contributed by atoms with Gasteiger partial charge < -0.3 is 29.5 Å². The number of carbonyl (C=O) groups is 2. The number of rotatable bonds is 3. The molecule has 1 spiro atoms. The third kappa shape index (κ3) is 3.91. The minimum Gasteiger partial charge on any atom is -0.503 e. The zero-order valence-electron chi connectivity index (χ0n) is 20.5. The summed E-state index contributed by atoms with van der Waals surface area (Å²) in [4.78, 5) is 46.7. The zero-order valence-corrected chi connectivity index (χ0v) is 20.5. The highest BCUT2D eigenvalue weighted by atomic mass is 19.1. The highest BCUT2D eigenvalue weighted by Gasteiger charge is 2.54. The molecule has 2 bridgehead atoms. The van der Waals surface area contributed by atoms with Crippen LogP contribution in [0.4, 0.5) is 8.78 Å². The molecule has 2 N–H and O–H groups in total. The molecule has 2 aromatic rings. The van der Waals surface area contributed by atoms with Gasteiger partial charge in [0.05, 0.1) is 19.6 Å². The van der Waals surface area contributed by atoms with Gasteiger partial charge in [-0.1, -0.05) is 5.16 Å². The number of hydrogen-bond donors (Lipinski definition) is 2. The summed E-state index contributed by atoms with van der Waals surface area (Å²) in [6, 6.07) is 1.46. The molecule has 0 unspecified atom stereocenters. The van der Waals surface area contributed by atoms with E-state index in [9.17, 15) is 28.3 Å². The van der Waals surface area contributed by atoms with E-state index >= 15 is 0 Å². The molecule has 3 aliphatic rings. The molecule has 12 heteroatoms. The Morgan fingerprint density at radius 1 is 1.32 bits per heavy atom. The van der Waals surface area contributed by atoms with Gasteiger partial charge in [0.25, 0.3) is 11.8 Å². The molecule has 0 radical (unpaired) electrons. The maximum Gasteiger partial charge on any atom is 0.274 e. The number of hydrogen-bond acceptors (Lipinski definition) is 7. The molecular weight excluding hydrogens is 490 g/mol. The fourth-order valence-corrected chi connectivity index (χ4v) is 5.35. The normalized spacial score (nSPS) is 24.3. The Kier molecular flexibility index (Phi) is 5.92. The number of aryl methyl sites for hydroxylation is 1. The predicted octanol–water partition coefficient (Wildman–Crippen LogP) is 2.37. The summed E-state index contributed by atoms with van der Waals surface area (Å²) in [6.45, 7) is 3.08. The number of fused-ring (bicyclic) bond motifs is 5. The van der Waals surface area contributed by atoms with Crippen LogP contribution in [0.25, 0.3) is 0 Å². The molecule has 4 heterocycles. The summed E-state index contributed by atoms with van der Waals surface area (Å²) in [7, 11) is 1.47. The molecule has 1 saturated heterocycles. The molecule has 3 atom stereocenters. The first-order valence-electron chi connectivity index (χ1n) is 11.9. The smallest absolute Gasteiger partial charge is 0.274 e. The first-order chi connectivity index (χ1) is 17.6. The molecule has 0 aliphatic carbocycles. The number of nitrogens with one attached hydrogen (secondary N) is 1. The second-order valence-corrected chi connectivity index (χ2v) is 9.75. The van der Waals surface area contributed by atoms with Crippen LogP contribution >= 0.6 is 0 Å². The van der Waals surface area contributed by atoms with Crippen molar-refractivity contribution in [1.29, 1.82) is 0 Å². The van der Waals surface area contributed by atoms with Gasteiger partial charge in [0.1, 0.15) is 17.2 Å². The molecule has 3 aliphatic heterocycles. The maximum absolute atomic E-state index is 14.2. The van der Waals surface area contributed by atoms with Crippen LogP contribution in [0.1, 0.15) is 64.2 Å². The SMILES string of the molecule is COC1=NO[C@@]2(CC[C@@H](C)N3C[C@H]2n2cc(C(=O)NCc4c(F)cc(C)cc4F)c(=O)c(O)c2C3=O)C1. The summed E-state index contributed by atoms with van der Waals surface area (Å²) >= 11 is 0. The lowest BCUT2D eigenvalue weighted by Crippen LogP contribution is -2.52. The quantitative estimate of drug-likeness (QED) is 0.646. The highest BCUT2D eigenvalue weighted by Crippen LogP contribution is 2.46. The number of carbonyl (C=O) groups excluding carboxylic acids is 2. The number of methoxy groups -OCH3 is 1. The molecule has 196 valence electrons. The van der Waals surface area contributed by atoms with E-state index in [1.165, 1.54) is 24.8 Å². The number of halogens is 2. The van der Waals surface area contributed by atoms with E-state index < -0.39 is 58.4 Å². The van der Waals surface area contributed by atoms with Crippen LogP contribution in [0.2, 0.25) is 0 Å². The van der Waals surface area contributed by atoms with Crippen LogP contribution in [0.15, 0.2) is 28.3 Å². The third-order valence-corrected chi connectivity index (χ3v) is 7.47. The van der Waals surface area contributed by atoms with E-state index in [2.05, 4.69) is 10.5 Å². The van der Waals surface area contributed by atoms with Crippen LogP contribution < -0.4 is 10.7 Å². The van der Waals surface area contributed by atoms with Gasteiger partial charge in [0.2, 0.25) is 11.3 Å². The number of aromatic hydroxyl groups is 1. The minimum atomic E-state index is -1.07. The lowest BCUT2D eigenvalue weighted by atomic mass is 9.85. The molecule has 37 heavy (non-hydrogen) atoms. The van der Waals surface area contributed by atoms with Gasteiger partial charge in [0.15, 0.2) is 17.0 Å². The number of nitrogens with zero attached hydrogens (tertiary/aromatic N) is 3. The number of ether oxygens (including phenoxy) is 1. The average molecular weight is 517 g/mol. The molecular formula is C25H26F2N4O6. The predicted molar refractivity (Wildman–Crippen MR) is 126 cm³/mol. The summed E-state index contributed by atoms with van der Waals surface area (Å²) in [6.07, 6.45) is 2.57. The Hall–Kier alpha value is -3.96. The van der Waals surface area contributed by atoms with Crippen molar-refractivity contribution in [1.82, 2.24) is 14.8 Å². The molecule has 0 saturated carbocycles. The zero-order chi connectivity index (χ0) is 26.6. The van der Waals surface area contributed by atoms with Gasteiger partial charge in [-0.2, -0.15) is 0 Å². The van der Waals surface area contributed by atoms with Crippen molar-refractivity contribution in [3.05, 3.63) is 62.6 Å². The largest absolute Gasteiger partial charge is 0.503 e. The van der Waals surface area contributed by atoms with E-state index in [4.69, 9.17) is 9.57 Å². The number of benzene rings is 1. The van der Waals surface area contributed by atoms with E-state index in [0.717, 1.165) is 12.1 Å². The Morgan fingerprint density at radius 2 is 2.03 bits per heavy atom. The van der Waals surface area contributed by atoms with E-state index in [1.54, 1.807) is 4.90 Å². The lowest BCUT2D eigenvalue weighted by molar-refractivity contribution is -0.0655. The highest BCUT2D eigenvalue weighted by molar-refractivity contribution is 5.99. The molecule has 1 fully saturated rings. The van der Waals surface area contributed by atoms with Crippen LogP contribution in [0, 0.1) is 18.6 Å². The van der Waals surface area contributed by atoms with Gasteiger partial charge in [0, 0.05) is 30.9 Å². The number of pyridine rings is 1. The van der Waals surface area contributed by atoms with Gasteiger partial charge >= 0.3 is 0 Å². The van der Waals surface area contributed by atoms with Gasteiger partial charge in [-0.25, -0.2) is 8.78 Å². The van der Waals surface area contributed by atoms with E-state index in [-0.39, 0.29) is 23.8 Å². The average Bonchev–Trinajstić information content (AvgIpc) is 3.23. The lowest BCUT2D eigenvalue weighted by Gasteiger charge is -2.41. The topological polar surface area (TPSA) is 122 Å². The second-order valence-electron chi connectivity index (χ2n) is 9.75. The Labute approximate surface area is 210 Å². The molecule has 5 rings (SSSR count). The van der Waals surface area contributed by atoms with E-state index in [1.807, 2.05) is 6.92 Å². The van der Waals surface area contributed by atoms with Crippen LogP contribution in [0.3, 0.4) is 0 Å². The fraction of sp³-hybridized carbons (Fsp3) is 0.440. The summed E-state index contributed by atoms with van der Waals surface area (Å²) in [5, 5.41) is 17.2. The number of oxime groups is 1.